The van der Waals surface area contributed by atoms with Gasteiger partial charge in [-0.05, 0) is 48.2 Å². The standard InChI is InChI=1S/C28H31N7O/c1-5-10-34-26(36)23-17-30-27(31-20-7-6-18-14-22(33-11-12-33)15-19(18)13-20)32-25(23)35(34)21-8-9-29-24(16-21)28(2,3)4/h5-9,13,16-17,22H,1,10-12,14-15H2,2-4H3,(H,30,31,32). The van der Waals surface area contributed by atoms with Crippen LogP contribution in [-0.4, -0.2) is 48.3 Å². The van der Waals surface area contributed by atoms with Crippen molar-refractivity contribution in [2.24, 2.45) is 0 Å². The zero-order valence-corrected chi connectivity index (χ0v) is 21.0. The maximum atomic E-state index is 13.3. The molecule has 0 radical (unpaired) electrons. The summed E-state index contributed by atoms with van der Waals surface area (Å²) in [5, 5.41) is 3.83. The van der Waals surface area contributed by atoms with Crippen LogP contribution in [0.25, 0.3) is 16.7 Å². The summed E-state index contributed by atoms with van der Waals surface area (Å²) in [7, 11) is 0. The van der Waals surface area contributed by atoms with Gasteiger partial charge in [0.2, 0.25) is 5.95 Å². The van der Waals surface area contributed by atoms with Crippen molar-refractivity contribution in [2.75, 3.05) is 18.4 Å². The molecular formula is C28H31N7O. The Kier molecular flexibility index (Phi) is 5.30. The highest BCUT2D eigenvalue weighted by Gasteiger charge is 2.32. The Morgan fingerprint density at radius 3 is 2.67 bits per heavy atom. The third-order valence-corrected chi connectivity index (χ3v) is 7.11. The fraction of sp³-hybridized carbons (Fsp3) is 0.357. The topological polar surface area (TPSA) is 80.6 Å². The van der Waals surface area contributed by atoms with Crippen LogP contribution in [0.5, 0.6) is 0 Å². The minimum Gasteiger partial charge on any atom is -0.324 e. The van der Waals surface area contributed by atoms with Crippen molar-refractivity contribution < 1.29 is 0 Å². The van der Waals surface area contributed by atoms with Gasteiger partial charge in [0, 0.05) is 48.3 Å². The van der Waals surface area contributed by atoms with E-state index < -0.39 is 0 Å². The maximum Gasteiger partial charge on any atom is 0.278 e. The second kappa shape index (κ2) is 8.41. The first-order valence-electron chi connectivity index (χ1n) is 12.5. The van der Waals surface area contributed by atoms with Gasteiger partial charge in [0.25, 0.3) is 5.56 Å². The number of pyridine rings is 1. The van der Waals surface area contributed by atoms with E-state index in [4.69, 9.17) is 4.98 Å². The number of anilines is 2. The monoisotopic (exact) mass is 481 g/mol. The van der Waals surface area contributed by atoms with Crippen molar-refractivity contribution >= 4 is 22.7 Å². The Labute approximate surface area is 210 Å². The molecule has 1 atom stereocenters. The first kappa shape index (κ1) is 22.7. The smallest absolute Gasteiger partial charge is 0.278 e. The Bertz CT molecular complexity index is 1540. The molecule has 8 nitrogen and oxygen atoms in total. The van der Waals surface area contributed by atoms with E-state index in [2.05, 4.69) is 65.7 Å². The maximum absolute atomic E-state index is 13.3. The molecule has 2 aliphatic rings. The second-order valence-electron chi connectivity index (χ2n) is 10.8. The van der Waals surface area contributed by atoms with E-state index in [9.17, 15) is 4.79 Å². The summed E-state index contributed by atoms with van der Waals surface area (Å²) in [4.78, 5) is 29.6. The third-order valence-electron chi connectivity index (χ3n) is 7.11. The molecule has 4 aromatic rings. The second-order valence-corrected chi connectivity index (χ2v) is 10.8. The first-order chi connectivity index (χ1) is 17.3. The van der Waals surface area contributed by atoms with Crippen molar-refractivity contribution in [3.05, 3.63) is 82.6 Å². The summed E-state index contributed by atoms with van der Waals surface area (Å²) in [6, 6.07) is 11.1. The fourth-order valence-electron chi connectivity index (χ4n) is 5.08. The Hall–Kier alpha value is -3.78. The highest BCUT2D eigenvalue weighted by Crippen LogP contribution is 2.31. The summed E-state index contributed by atoms with van der Waals surface area (Å²) in [5.41, 5.74) is 5.80. The zero-order chi connectivity index (χ0) is 25.0. The quantitative estimate of drug-likeness (QED) is 0.331. The van der Waals surface area contributed by atoms with Crippen LogP contribution in [0.15, 0.2) is 60.2 Å². The summed E-state index contributed by atoms with van der Waals surface area (Å²) >= 11 is 0. The van der Waals surface area contributed by atoms with Crippen LogP contribution in [0.2, 0.25) is 0 Å². The molecule has 1 aromatic carbocycles. The Balaban J connectivity index is 1.40. The van der Waals surface area contributed by atoms with Crippen molar-refractivity contribution in [3.8, 4) is 5.69 Å². The molecule has 1 fully saturated rings. The molecule has 3 aromatic heterocycles. The van der Waals surface area contributed by atoms with E-state index in [0.717, 1.165) is 29.9 Å². The van der Waals surface area contributed by atoms with Gasteiger partial charge in [-0.25, -0.2) is 14.3 Å². The van der Waals surface area contributed by atoms with Gasteiger partial charge in [0.05, 0.1) is 12.2 Å². The third kappa shape index (κ3) is 4.01. The molecule has 8 heteroatoms. The van der Waals surface area contributed by atoms with Gasteiger partial charge in [0.15, 0.2) is 5.65 Å². The average molecular weight is 482 g/mol. The average Bonchev–Trinajstić information content (AvgIpc) is 3.56. The largest absolute Gasteiger partial charge is 0.324 e. The Morgan fingerprint density at radius 2 is 1.92 bits per heavy atom. The van der Waals surface area contributed by atoms with Crippen LogP contribution in [0.3, 0.4) is 0 Å². The molecule has 6 rings (SSSR count). The van der Waals surface area contributed by atoms with Crippen LogP contribution < -0.4 is 10.9 Å². The summed E-state index contributed by atoms with van der Waals surface area (Å²) in [6.07, 6.45) is 7.32. The molecule has 184 valence electrons. The van der Waals surface area contributed by atoms with Gasteiger partial charge in [0.1, 0.15) is 5.39 Å². The van der Waals surface area contributed by atoms with E-state index in [0.29, 0.717) is 29.6 Å². The highest BCUT2D eigenvalue weighted by atomic mass is 16.1. The zero-order valence-electron chi connectivity index (χ0n) is 21.0. The normalized spacial score (nSPS) is 17.4. The van der Waals surface area contributed by atoms with Crippen molar-refractivity contribution in [2.45, 2.75) is 51.6 Å². The van der Waals surface area contributed by atoms with Gasteiger partial charge in [-0.1, -0.05) is 32.9 Å². The summed E-state index contributed by atoms with van der Waals surface area (Å²) < 4.78 is 3.49. The minimum atomic E-state index is -0.149. The van der Waals surface area contributed by atoms with E-state index in [-0.39, 0.29) is 11.0 Å². The van der Waals surface area contributed by atoms with E-state index >= 15 is 0 Å². The van der Waals surface area contributed by atoms with Gasteiger partial charge in [-0.2, -0.15) is 4.98 Å². The number of benzene rings is 1. The van der Waals surface area contributed by atoms with Crippen LogP contribution in [0, 0.1) is 0 Å². The molecular weight excluding hydrogens is 450 g/mol. The van der Waals surface area contributed by atoms with Crippen molar-refractivity contribution in [3.63, 3.8) is 0 Å². The lowest BCUT2D eigenvalue weighted by atomic mass is 9.91. The molecule has 36 heavy (non-hydrogen) atoms. The molecule has 1 aliphatic heterocycles. The molecule has 4 heterocycles. The summed E-state index contributed by atoms with van der Waals surface area (Å²) in [6.45, 7) is 13.0. The number of hydrogen-bond donors (Lipinski definition) is 1. The molecule has 0 saturated carbocycles. The number of rotatable bonds is 6. The van der Waals surface area contributed by atoms with E-state index in [1.165, 1.54) is 24.2 Å². The molecule has 0 bridgehead atoms. The number of fused-ring (bicyclic) bond motifs is 2. The highest BCUT2D eigenvalue weighted by molar-refractivity contribution is 5.77. The first-order valence-corrected chi connectivity index (χ1v) is 12.5. The van der Waals surface area contributed by atoms with Crippen LogP contribution in [-0.2, 0) is 24.8 Å². The lowest BCUT2D eigenvalue weighted by Gasteiger charge is -2.19. The predicted molar refractivity (Wildman–Crippen MR) is 142 cm³/mol. The van der Waals surface area contributed by atoms with Crippen molar-refractivity contribution in [1.82, 2.24) is 29.2 Å². The lowest BCUT2D eigenvalue weighted by molar-refractivity contribution is 0.414. The molecule has 1 saturated heterocycles. The number of hydrogen-bond acceptors (Lipinski definition) is 6. The van der Waals surface area contributed by atoms with E-state index in [1.807, 2.05) is 16.8 Å². The van der Waals surface area contributed by atoms with E-state index in [1.54, 1.807) is 23.2 Å². The number of nitrogens with one attached hydrogen (secondary N) is 1. The van der Waals surface area contributed by atoms with Crippen LogP contribution in [0.4, 0.5) is 11.6 Å². The van der Waals surface area contributed by atoms with Crippen LogP contribution in [0.1, 0.15) is 37.6 Å². The fourth-order valence-corrected chi connectivity index (χ4v) is 5.08. The van der Waals surface area contributed by atoms with Gasteiger partial charge < -0.3 is 5.32 Å². The summed E-state index contributed by atoms with van der Waals surface area (Å²) in [5.74, 6) is 0.456. The number of aromatic nitrogens is 5. The molecule has 0 spiro atoms. The molecule has 0 amide bonds. The van der Waals surface area contributed by atoms with Gasteiger partial charge in [-0.15, -0.1) is 6.58 Å². The minimum absolute atomic E-state index is 0.132. The molecule has 1 unspecified atom stereocenters. The molecule has 1 N–H and O–H groups in total. The SMILES string of the molecule is C=CCn1c(=O)c2cnc(Nc3ccc4c(c3)CC(N3CC3)C4)nc2n1-c1ccnc(C(C)(C)C)c1. The number of allylic oxidation sites excluding steroid dienone is 1. The molecule has 1 aliphatic carbocycles. The number of nitrogens with zero attached hydrogens (tertiary/aromatic N) is 6. The lowest BCUT2D eigenvalue weighted by Crippen LogP contribution is -2.22. The van der Waals surface area contributed by atoms with Crippen molar-refractivity contribution in [1.29, 1.82) is 0 Å². The van der Waals surface area contributed by atoms with Gasteiger partial charge in [-0.3, -0.25) is 14.7 Å². The predicted octanol–water partition coefficient (Wildman–Crippen LogP) is 3.99. The van der Waals surface area contributed by atoms with Crippen LogP contribution >= 0.6 is 0 Å². The van der Waals surface area contributed by atoms with Gasteiger partial charge >= 0.3 is 0 Å². The Morgan fingerprint density at radius 1 is 1.11 bits per heavy atom.